The van der Waals surface area contributed by atoms with Crippen molar-refractivity contribution in [3.63, 3.8) is 0 Å². The number of hydrogen-bond acceptors (Lipinski definition) is 3. The van der Waals surface area contributed by atoms with Crippen LogP contribution in [0.5, 0.6) is 0 Å². The number of piperazine rings is 1. The lowest BCUT2D eigenvalue weighted by Gasteiger charge is -2.36. The highest BCUT2D eigenvalue weighted by Gasteiger charge is 2.35. The molecule has 3 fully saturated rings. The van der Waals surface area contributed by atoms with E-state index in [0.717, 1.165) is 31.5 Å². The van der Waals surface area contributed by atoms with Crippen molar-refractivity contribution in [1.82, 2.24) is 15.1 Å². The molecule has 5 heteroatoms. The van der Waals surface area contributed by atoms with Crippen LogP contribution in [0.1, 0.15) is 19.8 Å². The molecule has 3 rings (SSSR count). The molecule has 19 heavy (non-hydrogen) atoms. The zero-order valence-electron chi connectivity index (χ0n) is 11.4. The number of rotatable bonds is 2. The molecule has 2 aliphatic heterocycles. The Hall–Kier alpha value is -1.36. The summed E-state index contributed by atoms with van der Waals surface area (Å²) in [6.07, 6.45) is 2.10. The zero-order valence-corrected chi connectivity index (χ0v) is 11.4. The average molecular weight is 263 g/mol. The van der Waals surface area contributed by atoms with Crippen molar-refractivity contribution in [3.8, 4) is 0 Å². The normalized spacial score (nSPS) is 23.1. The fourth-order valence-electron chi connectivity index (χ4n) is 2.62. The minimum Gasteiger partial charge on any atom is -0.339 e. The summed E-state index contributed by atoms with van der Waals surface area (Å²) in [5.74, 6) is 0.729. The van der Waals surface area contributed by atoms with Crippen molar-refractivity contribution in [2.24, 2.45) is 5.92 Å². The Morgan fingerprint density at radius 1 is 1.05 bits per heavy atom. The molecule has 0 atom stereocenters. The zero-order chi connectivity index (χ0) is 13.4. The quantitative estimate of drug-likeness (QED) is 0.713. The Bertz CT molecular complexity index is 426. The van der Waals surface area contributed by atoms with Gasteiger partial charge in [-0.3, -0.25) is 9.59 Å². The summed E-state index contributed by atoms with van der Waals surface area (Å²) in [7, 11) is 0. The molecule has 2 amide bonds. The fraction of sp³-hybridized carbons (Fsp3) is 0.714. The summed E-state index contributed by atoms with van der Waals surface area (Å²) >= 11 is 0. The molecular weight excluding hydrogens is 242 g/mol. The Labute approximate surface area is 113 Å². The molecule has 0 aromatic rings. The van der Waals surface area contributed by atoms with Gasteiger partial charge in [-0.1, -0.05) is 0 Å². The molecular formula is C14H21N3O2. The van der Waals surface area contributed by atoms with Crippen LogP contribution >= 0.6 is 0 Å². The van der Waals surface area contributed by atoms with E-state index in [1.165, 1.54) is 5.57 Å². The third-order valence-corrected chi connectivity index (χ3v) is 4.33. The molecule has 0 spiro atoms. The molecule has 0 aromatic heterocycles. The Kier molecular flexibility index (Phi) is 3.31. The van der Waals surface area contributed by atoms with E-state index in [2.05, 4.69) is 5.32 Å². The largest absolute Gasteiger partial charge is 0.339 e. The summed E-state index contributed by atoms with van der Waals surface area (Å²) < 4.78 is 0. The van der Waals surface area contributed by atoms with Crippen LogP contribution in [-0.4, -0.2) is 60.9 Å². The smallest absolute Gasteiger partial charge is 0.249 e. The van der Waals surface area contributed by atoms with E-state index in [-0.39, 0.29) is 11.8 Å². The van der Waals surface area contributed by atoms with Gasteiger partial charge in [0.2, 0.25) is 11.8 Å². The summed E-state index contributed by atoms with van der Waals surface area (Å²) in [6.45, 7) is 6.35. The number of hydrogen-bond donors (Lipinski definition) is 1. The standard InChI is InChI=1S/C14H21N3O2/c1-10(12-8-15-9-12)13(18)16-4-6-17(7-5-16)14(19)11-2-3-11/h11,15H,2-9H2,1H3. The van der Waals surface area contributed by atoms with Gasteiger partial charge >= 0.3 is 0 Å². The van der Waals surface area contributed by atoms with E-state index in [1.54, 1.807) is 0 Å². The number of nitrogens with zero attached hydrogens (tertiary/aromatic N) is 2. The van der Waals surface area contributed by atoms with Gasteiger partial charge in [-0.15, -0.1) is 0 Å². The average Bonchev–Trinajstić information content (AvgIpc) is 3.19. The van der Waals surface area contributed by atoms with Crippen LogP contribution in [0, 0.1) is 5.92 Å². The molecule has 0 bridgehead atoms. The molecule has 2 saturated heterocycles. The van der Waals surface area contributed by atoms with Crippen LogP contribution in [0.15, 0.2) is 11.1 Å². The van der Waals surface area contributed by atoms with E-state index < -0.39 is 0 Å². The molecule has 3 aliphatic rings. The topological polar surface area (TPSA) is 52.7 Å². The highest BCUT2D eigenvalue weighted by atomic mass is 16.2. The minimum absolute atomic E-state index is 0.148. The molecule has 0 aromatic carbocycles. The van der Waals surface area contributed by atoms with Crippen molar-refractivity contribution in [2.45, 2.75) is 19.8 Å². The number of nitrogens with one attached hydrogen (secondary N) is 1. The predicted molar refractivity (Wildman–Crippen MR) is 71.5 cm³/mol. The Balaban J connectivity index is 1.54. The highest BCUT2D eigenvalue weighted by molar-refractivity contribution is 5.94. The van der Waals surface area contributed by atoms with E-state index in [4.69, 9.17) is 0 Å². The summed E-state index contributed by atoms with van der Waals surface area (Å²) in [5, 5.41) is 3.16. The van der Waals surface area contributed by atoms with Crippen LogP contribution in [0.4, 0.5) is 0 Å². The molecule has 2 heterocycles. The van der Waals surface area contributed by atoms with Crippen LogP contribution in [0.3, 0.4) is 0 Å². The number of carbonyl (C=O) groups is 2. The lowest BCUT2D eigenvalue weighted by molar-refractivity contribution is -0.138. The van der Waals surface area contributed by atoms with E-state index in [9.17, 15) is 9.59 Å². The van der Waals surface area contributed by atoms with Crippen molar-refractivity contribution in [2.75, 3.05) is 39.3 Å². The lowest BCUT2D eigenvalue weighted by Crippen LogP contribution is -2.51. The molecule has 0 radical (unpaired) electrons. The monoisotopic (exact) mass is 263 g/mol. The summed E-state index contributed by atoms with van der Waals surface area (Å²) in [6, 6.07) is 0. The first-order chi connectivity index (χ1) is 9.16. The second-order valence-corrected chi connectivity index (χ2v) is 5.72. The first-order valence-corrected chi connectivity index (χ1v) is 7.14. The van der Waals surface area contributed by atoms with Crippen LogP contribution in [0.2, 0.25) is 0 Å². The summed E-state index contributed by atoms with van der Waals surface area (Å²) in [5.41, 5.74) is 2.11. The molecule has 5 nitrogen and oxygen atoms in total. The van der Waals surface area contributed by atoms with Crippen molar-refractivity contribution in [3.05, 3.63) is 11.1 Å². The van der Waals surface area contributed by atoms with Crippen molar-refractivity contribution in [1.29, 1.82) is 0 Å². The van der Waals surface area contributed by atoms with Gasteiger partial charge in [0.05, 0.1) is 0 Å². The SMILES string of the molecule is CC(C(=O)N1CCN(C(=O)C2CC2)CC1)=C1CNC1. The maximum absolute atomic E-state index is 12.3. The minimum atomic E-state index is 0.148. The molecule has 1 saturated carbocycles. The molecule has 0 unspecified atom stereocenters. The maximum Gasteiger partial charge on any atom is 0.249 e. The second-order valence-electron chi connectivity index (χ2n) is 5.72. The molecule has 1 N–H and O–H groups in total. The van der Waals surface area contributed by atoms with E-state index in [0.29, 0.717) is 32.1 Å². The van der Waals surface area contributed by atoms with E-state index in [1.807, 2.05) is 16.7 Å². The Morgan fingerprint density at radius 3 is 2.11 bits per heavy atom. The maximum atomic E-state index is 12.3. The fourth-order valence-corrected chi connectivity index (χ4v) is 2.62. The van der Waals surface area contributed by atoms with Gasteiger partial charge in [0, 0.05) is 50.8 Å². The van der Waals surface area contributed by atoms with Crippen LogP contribution < -0.4 is 5.32 Å². The summed E-state index contributed by atoms with van der Waals surface area (Å²) in [4.78, 5) is 28.0. The first kappa shape index (κ1) is 12.7. The van der Waals surface area contributed by atoms with Gasteiger partial charge in [0.1, 0.15) is 0 Å². The third kappa shape index (κ3) is 2.52. The third-order valence-electron chi connectivity index (χ3n) is 4.33. The van der Waals surface area contributed by atoms with Gasteiger partial charge in [-0.25, -0.2) is 0 Å². The highest BCUT2D eigenvalue weighted by Crippen LogP contribution is 2.31. The van der Waals surface area contributed by atoms with Gasteiger partial charge in [-0.05, 0) is 25.3 Å². The molecule has 1 aliphatic carbocycles. The lowest BCUT2D eigenvalue weighted by atomic mass is 10.0. The van der Waals surface area contributed by atoms with Crippen LogP contribution in [0.25, 0.3) is 0 Å². The van der Waals surface area contributed by atoms with Gasteiger partial charge in [0.25, 0.3) is 0 Å². The van der Waals surface area contributed by atoms with Gasteiger partial charge in [0.15, 0.2) is 0 Å². The predicted octanol–water partition coefficient (Wildman–Crippen LogP) is -0.0131. The van der Waals surface area contributed by atoms with Gasteiger partial charge in [-0.2, -0.15) is 0 Å². The first-order valence-electron chi connectivity index (χ1n) is 7.14. The van der Waals surface area contributed by atoms with E-state index >= 15 is 0 Å². The van der Waals surface area contributed by atoms with Gasteiger partial charge < -0.3 is 15.1 Å². The number of amides is 2. The molecule has 104 valence electrons. The van der Waals surface area contributed by atoms with Crippen molar-refractivity contribution >= 4 is 11.8 Å². The Morgan fingerprint density at radius 2 is 1.63 bits per heavy atom. The van der Waals surface area contributed by atoms with Crippen LogP contribution in [-0.2, 0) is 9.59 Å². The second kappa shape index (κ2) is 4.96. The van der Waals surface area contributed by atoms with Crippen molar-refractivity contribution < 1.29 is 9.59 Å². The number of carbonyl (C=O) groups excluding carboxylic acids is 2.